The van der Waals surface area contributed by atoms with Gasteiger partial charge in [0, 0.05) is 18.8 Å². The van der Waals surface area contributed by atoms with Gasteiger partial charge in [-0.1, -0.05) is 0 Å². The Labute approximate surface area is 71.5 Å². The fraction of sp³-hybridized carbons (Fsp3) is 0.375. The van der Waals surface area contributed by atoms with Gasteiger partial charge in [0.2, 0.25) is 0 Å². The van der Waals surface area contributed by atoms with E-state index in [-0.39, 0.29) is 6.04 Å². The van der Waals surface area contributed by atoms with Crippen molar-refractivity contribution in [3.63, 3.8) is 0 Å². The van der Waals surface area contributed by atoms with Gasteiger partial charge in [0.15, 0.2) is 0 Å². The molecule has 1 heterocycles. The molecule has 0 radical (unpaired) electrons. The van der Waals surface area contributed by atoms with Crippen LogP contribution in [0.3, 0.4) is 0 Å². The Morgan fingerprint density at radius 1 is 1.58 bits per heavy atom. The van der Waals surface area contributed by atoms with Crippen molar-refractivity contribution in [2.75, 3.05) is 13.7 Å². The molecule has 0 amide bonds. The average molecular weight is 167 g/mol. The minimum Gasteiger partial charge on any atom is -0.495 e. The van der Waals surface area contributed by atoms with Crippen molar-refractivity contribution >= 4 is 0 Å². The molecule has 66 valence electrons. The van der Waals surface area contributed by atoms with Gasteiger partial charge >= 0.3 is 0 Å². The fourth-order valence-corrected chi connectivity index (χ4v) is 0.886. The third-order valence-electron chi connectivity index (χ3n) is 1.65. The fourth-order valence-electron chi connectivity index (χ4n) is 0.886. The summed E-state index contributed by atoms with van der Waals surface area (Å²) >= 11 is 0. The summed E-state index contributed by atoms with van der Waals surface area (Å²) in [5.74, 6) is 0.705. The maximum Gasteiger partial charge on any atom is 0.137 e. The number of hydrogen-bond donors (Lipinski definition) is 2. The van der Waals surface area contributed by atoms with Crippen molar-refractivity contribution in [2.45, 2.75) is 6.04 Å². The number of pyridine rings is 1. The maximum absolute atomic E-state index is 5.70. The molecule has 4 heteroatoms. The van der Waals surface area contributed by atoms with Gasteiger partial charge in [0.25, 0.3) is 0 Å². The van der Waals surface area contributed by atoms with E-state index in [1.165, 1.54) is 0 Å². The molecule has 4 N–H and O–H groups in total. The molecule has 0 fully saturated rings. The van der Waals surface area contributed by atoms with Crippen LogP contribution in [0.1, 0.15) is 11.6 Å². The molecule has 1 unspecified atom stereocenters. The molecular weight excluding hydrogens is 154 g/mol. The van der Waals surface area contributed by atoms with Gasteiger partial charge in [-0.05, 0) is 11.6 Å². The van der Waals surface area contributed by atoms with Crippen LogP contribution in [0.25, 0.3) is 0 Å². The Morgan fingerprint density at radius 2 is 2.33 bits per heavy atom. The lowest BCUT2D eigenvalue weighted by atomic mass is 10.1. The first-order chi connectivity index (χ1) is 5.77. The van der Waals surface area contributed by atoms with Crippen molar-refractivity contribution in [3.8, 4) is 5.75 Å². The number of hydrogen-bond acceptors (Lipinski definition) is 4. The molecule has 0 aromatic carbocycles. The van der Waals surface area contributed by atoms with Crippen molar-refractivity contribution in [2.24, 2.45) is 11.5 Å². The molecule has 0 aliphatic rings. The summed E-state index contributed by atoms with van der Waals surface area (Å²) in [6, 6.07) is 1.68. The molecule has 12 heavy (non-hydrogen) atoms. The van der Waals surface area contributed by atoms with Crippen molar-refractivity contribution in [1.29, 1.82) is 0 Å². The summed E-state index contributed by atoms with van der Waals surface area (Å²) in [5.41, 5.74) is 12.0. The van der Waals surface area contributed by atoms with Crippen LogP contribution in [0.15, 0.2) is 18.5 Å². The van der Waals surface area contributed by atoms with E-state index >= 15 is 0 Å². The van der Waals surface area contributed by atoms with E-state index in [1.807, 2.05) is 6.07 Å². The monoisotopic (exact) mass is 167 g/mol. The van der Waals surface area contributed by atoms with Crippen LogP contribution in [0.5, 0.6) is 5.75 Å². The molecular formula is C8H13N3O. The topological polar surface area (TPSA) is 74.2 Å². The number of nitrogens with zero attached hydrogens (tertiary/aromatic N) is 1. The predicted octanol–water partition coefficient (Wildman–Crippen LogP) is 0.0487. The summed E-state index contributed by atoms with van der Waals surface area (Å²) < 4.78 is 4.99. The van der Waals surface area contributed by atoms with Gasteiger partial charge in [-0.15, -0.1) is 0 Å². The van der Waals surface area contributed by atoms with Crippen LogP contribution in [-0.4, -0.2) is 18.6 Å². The molecule has 0 saturated heterocycles. The van der Waals surface area contributed by atoms with E-state index in [1.54, 1.807) is 19.5 Å². The predicted molar refractivity (Wildman–Crippen MR) is 46.8 cm³/mol. The minimum absolute atomic E-state index is 0.160. The lowest BCUT2D eigenvalue weighted by Gasteiger charge is -2.08. The van der Waals surface area contributed by atoms with E-state index in [0.717, 1.165) is 5.56 Å². The molecule has 0 spiro atoms. The standard InChI is InChI=1S/C8H13N3O/c1-12-7-2-6(4-11-5-7)8(10)3-9/h2,4-5,8H,3,9-10H2,1H3. The minimum atomic E-state index is -0.160. The van der Waals surface area contributed by atoms with Gasteiger partial charge in [-0.25, -0.2) is 0 Å². The van der Waals surface area contributed by atoms with E-state index in [0.29, 0.717) is 12.3 Å². The highest BCUT2D eigenvalue weighted by atomic mass is 16.5. The lowest BCUT2D eigenvalue weighted by Crippen LogP contribution is -2.20. The second kappa shape index (κ2) is 4.04. The average Bonchev–Trinajstić information content (AvgIpc) is 2.17. The lowest BCUT2D eigenvalue weighted by molar-refractivity contribution is 0.411. The second-order valence-corrected chi connectivity index (χ2v) is 2.50. The van der Waals surface area contributed by atoms with Crippen LogP contribution in [0.4, 0.5) is 0 Å². The summed E-state index contributed by atoms with van der Waals surface area (Å²) in [4.78, 5) is 3.96. The van der Waals surface area contributed by atoms with Gasteiger partial charge in [0.05, 0.1) is 13.3 Å². The van der Waals surface area contributed by atoms with E-state index in [4.69, 9.17) is 16.2 Å². The third-order valence-corrected chi connectivity index (χ3v) is 1.65. The van der Waals surface area contributed by atoms with Crippen LogP contribution >= 0.6 is 0 Å². The van der Waals surface area contributed by atoms with Crippen molar-refractivity contribution < 1.29 is 4.74 Å². The van der Waals surface area contributed by atoms with Gasteiger partial charge < -0.3 is 16.2 Å². The molecule has 1 atom stereocenters. The molecule has 1 aromatic rings. The largest absolute Gasteiger partial charge is 0.495 e. The van der Waals surface area contributed by atoms with Crippen molar-refractivity contribution in [3.05, 3.63) is 24.0 Å². The maximum atomic E-state index is 5.70. The summed E-state index contributed by atoms with van der Waals surface area (Å²) in [6.07, 6.45) is 3.33. The van der Waals surface area contributed by atoms with Crippen molar-refractivity contribution in [1.82, 2.24) is 4.98 Å². The number of aromatic nitrogens is 1. The Hall–Kier alpha value is -1.13. The van der Waals surface area contributed by atoms with E-state index in [2.05, 4.69) is 4.98 Å². The van der Waals surface area contributed by atoms with Crippen LogP contribution in [0.2, 0.25) is 0 Å². The number of rotatable bonds is 3. The molecule has 0 aliphatic heterocycles. The molecule has 1 aromatic heterocycles. The summed E-state index contributed by atoms with van der Waals surface area (Å²) in [6.45, 7) is 0.412. The quantitative estimate of drug-likeness (QED) is 0.667. The molecule has 1 rings (SSSR count). The highest BCUT2D eigenvalue weighted by Gasteiger charge is 2.04. The Balaban J connectivity index is 2.86. The first kappa shape index (κ1) is 8.96. The highest BCUT2D eigenvalue weighted by Crippen LogP contribution is 2.14. The number of ether oxygens (including phenoxy) is 1. The number of nitrogens with two attached hydrogens (primary N) is 2. The normalized spacial score (nSPS) is 12.6. The molecule has 0 aliphatic carbocycles. The second-order valence-electron chi connectivity index (χ2n) is 2.50. The Bertz CT molecular complexity index is 252. The zero-order valence-electron chi connectivity index (χ0n) is 7.03. The van der Waals surface area contributed by atoms with Crippen LogP contribution in [-0.2, 0) is 0 Å². The smallest absolute Gasteiger partial charge is 0.137 e. The number of methoxy groups -OCH3 is 1. The zero-order chi connectivity index (χ0) is 8.97. The molecule has 4 nitrogen and oxygen atoms in total. The van der Waals surface area contributed by atoms with Gasteiger partial charge in [0.1, 0.15) is 5.75 Å². The van der Waals surface area contributed by atoms with Gasteiger partial charge in [-0.2, -0.15) is 0 Å². The molecule has 0 bridgehead atoms. The Morgan fingerprint density at radius 3 is 2.92 bits per heavy atom. The highest BCUT2D eigenvalue weighted by molar-refractivity contribution is 5.25. The zero-order valence-corrected chi connectivity index (χ0v) is 7.03. The first-order valence-corrected chi connectivity index (χ1v) is 3.72. The van der Waals surface area contributed by atoms with E-state index in [9.17, 15) is 0 Å². The summed E-state index contributed by atoms with van der Waals surface area (Å²) in [5, 5.41) is 0. The van der Waals surface area contributed by atoms with Crippen LogP contribution in [0, 0.1) is 0 Å². The van der Waals surface area contributed by atoms with Crippen LogP contribution < -0.4 is 16.2 Å². The Kier molecular flexibility index (Phi) is 3.01. The molecule has 0 saturated carbocycles. The van der Waals surface area contributed by atoms with Gasteiger partial charge in [-0.3, -0.25) is 4.98 Å². The third kappa shape index (κ3) is 1.93. The first-order valence-electron chi connectivity index (χ1n) is 3.72. The summed E-state index contributed by atoms with van der Waals surface area (Å²) in [7, 11) is 1.59. The van der Waals surface area contributed by atoms with E-state index < -0.39 is 0 Å². The SMILES string of the molecule is COc1cncc(C(N)CN)c1.